The average molecular weight is 443 g/mol. The number of nitrogens with one attached hydrogen (secondary N) is 1. The molecule has 1 amide bonds. The third-order valence-corrected chi connectivity index (χ3v) is 5.26. The number of hydrogen-bond acceptors (Lipinski definition) is 6. The summed E-state index contributed by atoms with van der Waals surface area (Å²) in [5, 5.41) is 14.9. The predicted molar refractivity (Wildman–Crippen MR) is 125 cm³/mol. The minimum atomic E-state index is -0.562. The van der Waals surface area contributed by atoms with Gasteiger partial charge in [-0.05, 0) is 59.2 Å². The first-order valence-corrected chi connectivity index (χ1v) is 10.8. The molecule has 0 bridgehead atoms. The first-order chi connectivity index (χ1) is 15.9. The zero-order valence-corrected chi connectivity index (χ0v) is 19.1. The van der Waals surface area contributed by atoms with Crippen LogP contribution < -0.4 is 10.1 Å². The minimum Gasteiger partial charge on any atom is -0.410 e. The van der Waals surface area contributed by atoms with E-state index in [1.54, 1.807) is 16.9 Å². The van der Waals surface area contributed by atoms with E-state index in [4.69, 9.17) is 4.74 Å². The van der Waals surface area contributed by atoms with Crippen LogP contribution in [0.3, 0.4) is 0 Å². The molecule has 0 aliphatic rings. The number of carbonyl (C=O) groups is 1. The molecule has 1 N–H and O–H groups in total. The summed E-state index contributed by atoms with van der Waals surface area (Å²) in [6, 6.07) is 17.5. The number of benzene rings is 2. The Morgan fingerprint density at radius 3 is 2.58 bits per heavy atom. The fourth-order valence-electron chi connectivity index (χ4n) is 3.42. The lowest BCUT2D eigenvalue weighted by atomic mass is 10.0. The topological polar surface area (TPSA) is 94.8 Å². The number of pyridine rings is 1. The number of aryl methyl sites for hydroxylation is 2. The van der Waals surface area contributed by atoms with Gasteiger partial charge in [-0.3, -0.25) is 4.98 Å². The molecule has 4 aromatic rings. The van der Waals surface area contributed by atoms with Crippen LogP contribution in [0.2, 0.25) is 0 Å². The van der Waals surface area contributed by atoms with Crippen molar-refractivity contribution in [3.63, 3.8) is 0 Å². The van der Waals surface area contributed by atoms with E-state index in [0.717, 1.165) is 33.8 Å². The Balaban J connectivity index is 1.64. The van der Waals surface area contributed by atoms with E-state index in [0.29, 0.717) is 11.4 Å². The second kappa shape index (κ2) is 9.60. The van der Waals surface area contributed by atoms with Crippen LogP contribution in [0.15, 0.2) is 60.8 Å². The molecular formula is C25H26N6O2. The fourth-order valence-corrected chi connectivity index (χ4v) is 3.42. The van der Waals surface area contributed by atoms with Gasteiger partial charge >= 0.3 is 6.09 Å². The number of nitrogens with zero attached hydrogens (tertiary/aromatic N) is 5. The van der Waals surface area contributed by atoms with Gasteiger partial charge < -0.3 is 10.1 Å². The van der Waals surface area contributed by atoms with Gasteiger partial charge in [0.05, 0.1) is 17.9 Å². The summed E-state index contributed by atoms with van der Waals surface area (Å²) in [6.07, 6.45) is 1.14. The molecule has 0 unspecified atom stereocenters. The highest BCUT2D eigenvalue weighted by atomic mass is 16.6. The third kappa shape index (κ3) is 5.23. The zero-order valence-electron chi connectivity index (χ0n) is 19.1. The minimum absolute atomic E-state index is 0.123. The molecule has 2 aromatic carbocycles. The highest BCUT2D eigenvalue weighted by Gasteiger charge is 2.16. The smallest absolute Gasteiger partial charge is 0.410 e. The molecule has 0 aliphatic heterocycles. The van der Waals surface area contributed by atoms with Gasteiger partial charge in [-0.15, -0.1) is 5.10 Å². The van der Waals surface area contributed by atoms with Crippen LogP contribution in [0, 0.1) is 13.8 Å². The molecule has 8 nitrogen and oxygen atoms in total. The Morgan fingerprint density at radius 1 is 1.06 bits per heavy atom. The van der Waals surface area contributed by atoms with Gasteiger partial charge in [0.2, 0.25) is 0 Å². The highest BCUT2D eigenvalue weighted by Crippen LogP contribution is 2.29. The summed E-state index contributed by atoms with van der Waals surface area (Å²) in [5.41, 5.74) is 5.56. The van der Waals surface area contributed by atoms with Crippen molar-refractivity contribution in [2.24, 2.45) is 0 Å². The van der Waals surface area contributed by atoms with Crippen LogP contribution in [0.5, 0.6) is 5.75 Å². The van der Waals surface area contributed by atoms with Crippen LogP contribution >= 0.6 is 0 Å². The van der Waals surface area contributed by atoms with Gasteiger partial charge in [0.1, 0.15) is 5.75 Å². The molecule has 168 valence electrons. The van der Waals surface area contributed by atoms with Crippen molar-refractivity contribution in [1.82, 2.24) is 30.5 Å². The summed E-state index contributed by atoms with van der Waals surface area (Å²) >= 11 is 0. The van der Waals surface area contributed by atoms with Gasteiger partial charge in [-0.1, -0.05) is 49.7 Å². The number of hydrogen-bond donors (Lipinski definition) is 1. The number of tetrazole rings is 1. The van der Waals surface area contributed by atoms with Crippen molar-refractivity contribution in [2.75, 3.05) is 0 Å². The first kappa shape index (κ1) is 22.1. The monoisotopic (exact) mass is 442 g/mol. The number of aromatic nitrogens is 5. The van der Waals surface area contributed by atoms with Gasteiger partial charge in [-0.2, -0.15) is 4.68 Å². The molecule has 4 rings (SSSR count). The van der Waals surface area contributed by atoms with Crippen molar-refractivity contribution in [1.29, 1.82) is 0 Å². The lowest BCUT2D eigenvalue weighted by molar-refractivity contribution is 0.200. The van der Waals surface area contributed by atoms with E-state index in [1.807, 2.05) is 76.2 Å². The van der Waals surface area contributed by atoms with Gasteiger partial charge in [0.25, 0.3) is 0 Å². The number of rotatable bonds is 6. The second-order valence-corrected chi connectivity index (χ2v) is 8.20. The average Bonchev–Trinajstić information content (AvgIpc) is 3.29. The number of ether oxygens (including phenoxy) is 1. The SMILES string of the molecule is Cc1ccc(-c2cc(OC(=O)NCc3ncccc3C)cc(-n3nnnc3C(C)C)c2)cc1. The van der Waals surface area contributed by atoms with E-state index >= 15 is 0 Å². The van der Waals surface area contributed by atoms with E-state index in [-0.39, 0.29) is 12.5 Å². The van der Waals surface area contributed by atoms with Crippen LogP contribution in [0.25, 0.3) is 16.8 Å². The molecule has 0 aliphatic carbocycles. The number of carbonyl (C=O) groups excluding carboxylic acids is 1. The Kier molecular flexibility index (Phi) is 6.44. The van der Waals surface area contributed by atoms with Crippen molar-refractivity contribution >= 4 is 6.09 Å². The molecule has 0 radical (unpaired) electrons. The van der Waals surface area contributed by atoms with Crippen molar-refractivity contribution in [2.45, 2.75) is 40.2 Å². The number of amides is 1. The Bertz CT molecular complexity index is 1260. The quantitative estimate of drug-likeness (QED) is 0.463. The zero-order chi connectivity index (χ0) is 23.4. The van der Waals surface area contributed by atoms with Crippen molar-refractivity contribution in [3.05, 3.63) is 83.4 Å². The lowest BCUT2D eigenvalue weighted by Gasteiger charge is -2.13. The summed E-state index contributed by atoms with van der Waals surface area (Å²) in [7, 11) is 0. The van der Waals surface area contributed by atoms with Crippen LogP contribution in [-0.4, -0.2) is 31.3 Å². The molecule has 2 heterocycles. The maximum atomic E-state index is 12.6. The standard InChI is InChI=1S/C25H26N6O2/c1-16(2)24-28-29-30-31(24)21-12-20(19-9-7-17(3)8-10-19)13-22(14-21)33-25(32)27-15-23-18(4)6-5-11-26-23/h5-14,16H,15H2,1-4H3,(H,27,32). The van der Waals surface area contributed by atoms with Crippen molar-refractivity contribution in [3.8, 4) is 22.6 Å². The van der Waals surface area contributed by atoms with Gasteiger partial charge in [0.15, 0.2) is 5.82 Å². The molecule has 33 heavy (non-hydrogen) atoms. The first-order valence-electron chi connectivity index (χ1n) is 10.8. The second-order valence-electron chi connectivity index (χ2n) is 8.20. The maximum absolute atomic E-state index is 12.6. The Morgan fingerprint density at radius 2 is 1.85 bits per heavy atom. The van der Waals surface area contributed by atoms with E-state index in [2.05, 4.69) is 25.8 Å². The summed E-state index contributed by atoms with van der Waals surface area (Å²) in [4.78, 5) is 16.9. The molecule has 0 fully saturated rings. The predicted octanol–water partition coefficient (Wildman–Crippen LogP) is 4.75. The Labute approximate surface area is 192 Å². The molecule has 8 heteroatoms. The van der Waals surface area contributed by atoms with Crippen LogP contribution in [0.4, 0.5) is 4.79 Å². The van der Waals surface area contributed by atoms with Gasteiger partial charge in [-0.25, -0.2) is 4.79 Å². The Hall–Kier alpha value is -4.07. The normalized spacial score (nSPS) is 10.9. The van der Waals surface area contributed by atoms with Crippen molar-refractivity contribution < 1.29 is 9.53 Å². The van der Waals surface area contributed by atoms with E-state index < -0.39 is 6.09 Å². The maximum Gasteiger partial charge on any atom is 0.412 e. The largest absolute Gasteiger partial charge is 0.412 e. The molecule has 0 saturated heterocycles. The molecule has 2 aromatic heterocycles. The molecule has 0 atom stereocenters. The summed E-state index contributed by atoms with van der Waals surface area (Å²) < 4.78 is 7.31. The fraction of sp³-hybridized carbons (Fsp3) is 0.240. The molecule has 0 spiro atoms. The van der Waals surface area contributed by atoms with Crippen LogP contribution in [-0.2, 0) is 6.54 Å². The highest BCUT2D eigenvalue weighted by molar-refractivity contribution is 5.73. The van der Waals surface area contributed by atoms with E-state index in [1.165, 1.54) is 0 Å². The van der Waals surface area contributed by atoms with Crippen LogP contribution in [0.1, 0.15) is 42.4 Å². The molecular weight excluding hydrogens is 416 g/mol. The third-order valence-electron chi connectivity index (χ3n) is 5.26. The molecule has 0 saturated carbocycles. The summed E-state index contributed by atoms with van der Waals surface area (Å²) in [6.45, 7) is 8.32. The van der Waals surface area contributed by atoms with E-state index in [9.17, 15) is 4.79 Å². The van der Waals surface area contributed by atoms with Gasteiger partial charge in [0, 0.05) is 18.2 Å². The lowest BCUT2D eigenvalue weighted by Crippen LogP contribution is -2.27. The summed E-state index contributed by atoms with van der Waals surface area (Å²) in [5.74, 6) is 1.23.